The second-order valence-corrected chi connectivity index (χ2v) is 9.48. The average Bonchev–Trinajstić information content (AvgIpc) is 2.82. The second-order valence-electron chi connectivity index (χ2n) is 9.48. The van der Waals surface area contributed by atoms with E-state index in [1.54, 1.807) is 12.1 Å². The smallest absolute Gasteiger partial charge is 0.251 e. The minimum Gasteiger partial charge on any atom is -0.366 e. The zero-order valence-electron chi connectivity index (χ0n) is 21.1. The number of benzene rings is 2. The molecule has 5 nitrogen and oxygen atoms in total. The third kappa shape index (κ3) is 6.57. The molecule has 2 aromatic carbocycles. The number of aryl methyl sites for hydroxylation is 1. The van der Waals surface area contributed by atoms with Gasteiger partial charge in [0.15, 0.2) is 0 Å². The molecule has 1 fully saturated rings. The second kappa shape index (κ2) is 12.0. The van der Waals surface area contributed by atoms with Crippen molar-refractivity contribution in [3.63, 3.8) is 0 Å². The lowest BCUT2D eigenvalue weighted by Crippen LogP contribution is -2.44. The summed E-state index contributed by atoms with van der Waals surface area (Å²) in [5.74, 6) is -0.382. The van der Waals surface area contributed by atoms with Gasteiger partial charge < -0.3 is 11.1 Å². The fourth-order valence-electron chi connectivity index (χ4n) is 4.87. The van der Waals surface area contributed by atoms with Gasteiger partial charge in [-0.25, -0.2) is 0 Å². The molecule has 0 unspecified atom stereocenters. The van der Waals surface area contributed by atoms with Gasteiger partial charge in [0.25, 0.3) is 5.91 Å². The molecule has 0 bridgehead atoms. The van der Waals surface area contributed by atoms with Crippen molar-refractivity contribution in [1.29, 1.82) is 0 Å². The molecule has 5 heteroatoms. The highest BCUT2D eigenvalue weighted by atomic mass is 16.2. The Balaban J connectivity index is 1.58. The lowest BCUT2D eigenvalue weighted by molar-refractivity contribution is 0.0908. The van der Waals surface area contributed by atoms with Gasteiger partial charge in [0.2, 0.25) is 5.91 Å². The van der Waals surface area contributed by atoms with Crippen LogP contribution < -0.4 is 11.1 Å². The Bertz CT molecular complexity index is 1030. The molecule has 3 rings (SSSR count). The number of carbonyl (C=O) groups excluding carboxylic acids is 2. The van der Waals surface area contributed by atoms with Crippen LogP contribution in [-0.4, -0.2) is 35.8 Å². The zero-order chi connectivity index (χ0) is 24.7. The molecule has 0 aromatic heterocycles. The van der Waals surface area contributed by atoms with Crippen molar-refractivity contribution in [3.05, 3.63) is 75.9 Å². The first-order chi connectivity index (χ1) is 16.3. The molecule has 0 aliphatic carbocycles. The summed E-state index contributed by atoms with van der Waals surface area (Å²) in [6.45, 7) is 11.4. The minimum absolute atomic E-state index is 0.0188. The molecule has 1 saturated heterocycles. The number of likely N-dealkylation sites (tertiary alicyclic amines) is 1. The summed E-state index contributed by atoms with van der Waals surface area (Å²) in [5.41, 5.74) is 13.0. The van der Waals surface area contributed by atoms with Crippen molar-refractivity contribution in [2.24, 2.45) is 5.73 Å². The Kier molecular flexibility index (Phi) is 9.05. The summed E-state index contributed by atoms with van der Waals surface area (Å²) in [7, 11) is 0. The Hall–Kier alpha value is -2.92. The summed E-state index contributed by atoms with van der Waals surface area (Å²) < 4.78 is 0. The van der Waals surface area contributed by atoms with Gasteiger partial charge in [-0.1, -0.05) is 44.0 Å². The van der Waals surface area contributed by atoms with E-state index in [-0.39, 0.29) is 11.9 Å². The number of primary amides is 1. The molecule has 0 spiro atoms. The van der Waals surface area contributed by atoms with Crippen LogP contribution in [0, 0.1) is 6.92 Å². The molecule has 1 heterocycles. The maximum Gasteiger partial charge on any atom is 0.251 e. The number of allylic oxidation sites excluding steroid dienone is 2. The van der Waals surface area contributed by atoms with E-state index in [9.17, 15) is 9.59 Å². The van der Waals surface area contributed by atoms with E-state index in [0.717, 1.165) is 62.9 Å². The van der Waals surface area contributed by atoms with Gasteiger partial charge >= 0.3 is 0 Å². The molecule has 3 N–H and O–H groups in total. The number of hydrogen-bond donors (Lipinski definition) is 2. The minimum atomic E-state index is -0.401. The maximum absolute atomic E-state index is 13.1. The van der Waals surface area contributed by atoms with Crippen LogP contribution in [-0.2, 0) is 6.54 Å². The van der Waals surface area contributed by atoms with Crippen molar-refractivity contribution in [2.45, 2.75) is 72.4 Å². The zero-order valence-corrected chi connectivity index (χ0v) is 21.1. The van der Waals surface area contributed by atoms with Crippen molar-refractivity contribution < 1.29 is 9.59 Å². The van der Waals surface area contributed by atoms with Crippen molar-refractivity contribution in [3.8, 4) is 0 Å². The molecule has 0 radical (unpaired) electrons. The predicted molar refractivity (Wildman–Crippen MR) is 140 cm³/mol. The highest BCUT2D eigenvalue weighted by Crippen LogP contribution is 2.28. The van der Waals surface area contributed by atoms with E-state index >= 15 is 0 Å². The van der Waals surface area contributed by atoms with Crippen LogP contribution in [0.15, 0.2) is 48.0 Å². The van der Waals surface area contributed by atoms with Gasteiger partial charge in [-0.15, -0.1) is 0 Å². The number of nitrogens with one attached hydrogen (secondary N) is 1. The quantitative estimate of drug-likeness (QED) is 0.520. The van der Waals surface area contributed by atoms with Crippen LogP contribution in [0.5, 0.6) is 0 Å². The molecule has 0 saturated carbocycles. The summed E-state index contributed by atoms with van der Waals surface area (Å²) in [6.07, 6.45) is 5.05. The van der Waals surface area contributed by atoms with Crippen LogP contribution in [0.3, 0.4) is 0 Å². The third-order valence-corrected chi connectivity index (χ3v) is 6.89. The third-order valence-electron chi connectivity index (χ3n) is 6.89. The molecule has 34 heavy (non-hydrogen) atoms. The van der Waals surface area contributed by atoms with Gasteiger partial charge in [0.05, 0.1) is 0 Å². The first kappa shape index (κ1) is 25.7. The monoisotopic (exact) mass is 461 g/mol. The molecule has 1 aliphatic heterocycles. The SMILES string of the molecule is CCC/C(C)=C(\CC)c1cc(C(=O)NC2CCN(Cc3ccc(C(N)=O)cc3)CC2)ccc1C. The number of nitrogens with two attached hydrogens (primary N) is 1. The van der Waals surface area contributed by atoms with E-state index in [2.05, 4.69) is 50.0 Å². The Morgan fingerprint density at radius 3 is 2.26 bits per heavy atom. The van der Waals surface area contributed by atoms with E-state index < -0.39 is 5.91 Å². The largest absolute Gasteiger partial charge is 0.366 e. The number of rotatable bonds is 9. The summed E-state index contributed by atoms with van der Waals surface area (Å²) in [5, 5.41) is 3.26. The number of carbonyl (C=O) groups is 2. The highest BCUT2D eigenvalue weighted by molar-refractivity contribution is 5.95. The topological polar surface area (TPSA) is 75.4 Å². The standard InChI is InChI=1S/C29H39N3O2/c1-5-7-20(3)26(6-2)27-18-24(11-8-21(27)4)29(34)31-25-14-16-32(17-15-25)19-22-9-12-23(13-10-22)28(30)33/h8-13,18,25H,5-7,14-17,19H2,1-4H3,(H2,30,33)(H,31,34)/b26-20+. The Morgan fingerprint density at radius 1 is 1.03 bits per heavy atom. The first-order valence-electron chi connectivity index (χ1n) is 12.5. The number of piperidine rings is 1. The molecule has 1 aliphatic rings. The summed E-state index contributed by atoms with van der Waals surface area (Å²) >= 11 is 0. The highest BCUT2D eigenvalue weighted by Gasteiger charge is 2.22. The molecular formula is C29H39N3O2. The van der Waals surface area contributed by atoms with Crippen molar-refractivity contribution in [1.82, 2.24) is 10.2 Å². The van der Waals surface area contributed by atoms with Crippen molar-refractivity contribution in [2.75, 3.05) is 13.1 Å². The lowest BCUT2D eigenvalue weighted by Gasteiger charge is -2.32. The predicted octanol–water partition coefficient (Wildman–Crippen LogP) is 5.47. The fraction of sp³-hybridized carbons (Fsp3) is 0.448. The Morgan fingerprint density at radius 2 is 1.68 bits per heavy atom. The van der Waals surface area contributed by atoms with Gasteiger partial charge in [0.1, 0.15) is 0 Å². The van der Waals surface area contributed by atoms with Gasteiger partial charge in [-0.2, -0.15) is 0 Å². The van der Waals surface area contributed by atoms with E-state index in [1.807, 2.05) is 18.2 Å². The van der Waals surface area contributed by atoms with E-state index in [0.29, 0.717) is 5.56 Å². The van der Waals surface area contributed by atoms with Gasteiger partial charge in [-0.05, 0) is 86.1 Å². The first-order valence-corrected chi connectivity index (χ1v) is 12.5. The molecule has 182 valence electrons. The van der Waals surface area contributed by atoms with Crippen molar-refractivity contribution >= 4 is 17.4 Å². The van der Waals surface area contributed by atoms with Crippen LogP contribution in [0.2, 0.25) is 0 Å². The maximum atomic E-state index is 13.1. The number of nitrogens with zero attached hydrogens (tertiary/aromatic N) is 1. The van der Waals surface area contributed by atoms with Crippen LogP contribution in [0.4, 0.5) is 0 Å². The van der Waals surface area contributed by atoms with E-state index in [4.69, 9.17) is 5.73 Å². The van der Waals surface area contributed by atoms with Gasteiger partial charge in [0, 0.05) is 36.8 Å². The Labute approximate surface area is 204 Å². The number of amides is 2. The molecule has 2 amide bonds. The summed E-state index contributed by atoms with van der Waals surface area (Å²) in [4.78, 5) is 26.7. The average molecular weight is 462 g/mol. The van der Waals surface area contributed by atoms with Gasteiger partial charge in [-0.3, -0.25) is 14.5 Å². The fourth-order valence-corrected chi connectivity index (χ4v) is 4.87. The molecule has 2 aromatic rings. The van der Waals surface area contributed by atoms with Crippen LogP contribution >= 0.6 is 0 Å². The van der Waals surface area contributed by atoms with Crippen LogP contribution in [0.1, 0.15) is 90.3 Å². The lowest BCUT2D eigenvalue weighted by atomic mass is 9.91. The summed E-state index contributed by atoms with van der Waals surface area (Å²) in [6, 6.07) is 13.8. The van der Waals surface area contributed by atoms with E-state index in [1.165, 1.54) is 22.3 Å². The van der Waals surface area contributed by atoms with Crippen LogP contribution in [0.25, 0.3) is 5.57 Å². The normalized spacial score (nSPS) is 15.6. The molecular weight excluding hydrogens is 422 g/mol. The number of hydrogen-bond acceptors (Lipinski definition) is 3. The molecule has 0 atom stereocenters.